The molecule has 8 aromatic rings. The van der Waals surface area contributed by atoms with Crippen molar-refractivity contribution < 1.29 is 8.78 Å². The molecular weight excluding hydrogens is 478 g/mol. The fourth-order valence-corrected chi connectivity index (χ4v) is 5.80. The van der Waals surface area contributed by atoms with Crippen LogP contribution in [0.2, 0.25) is 0 Å². The molecule has 0 N–H and O–H groups in total. The van der Waals surface area contributed by atoms with Crippen molar-refractivity contribution >= 4 is 54.6 Å². The number of hydrogen-bond donors (Lipinski definition) is 0. The van der Waals surface area contributed by atoms with Crippen LogP contribution in [-0.2, 0) is 12.8 Å². The topological polar surface area (TPSA) is 34.6 Å². The number of pyridine rings is 2. The Hall–Kier alpha value is -4.84. The summed E-state index contributed by atoms with van der Waals surface area (Å²) in [6, 6.07) is 26.0. The predicted octanol–water partition coefficient (Wildman–Crippen LogP) is 7.66. The summed E-state index contributed by atoms with van der Waals surface area (Å²) in [7, 11) is 0. The summed E-state index contributed by atoms with van der Waals surface area (Å²) in [5.74, 6) is -0.556. The van der Waals surface area contributed by atoms with Gasteiger partial charge in [-0.15, -0.1) is 0 Å². The van der Waals surface area contributed by atoms with Crippen LogP contribution in [0.1, 0.15) is 11.4 Å². The lowest BCUT2D eigenvalue weighted by Gasteiger charge is -2.07. The van der Waals surface area contributed by atoms with Crippen LogP contribution in [-0.4, -0.2) is 18.8 Å². The van der Waals surface area contributed by atoms with Gasteiger partial charge in [0.25, 0.3) is 0 Å². The van der Waals surface area contributed by atoms with E-state index in [0.717, 1.165) is 66.0 Å². The van der Waals surface area contributed by atoms with Crippen LogP contribution in [0.15, 0.2) is 97.3 Å². The van der Waals surface area contributed by atoms with Gasteiger partial charge in [-0.3, -0.25) is 8.80 Å². The first-order valence-electron chi connectivity index (χ1n) is 12.6. The highest BCUT2D eigenvalue weighted by atomic mass is 19.1. The molecule has 4 heterocycles. The molecule has 4 aromatic carbocycles. The quantitative estimate of drug-likeness (QED) is 0.234. The van der Waals surface area contributed by atoms with Crippen LogP contribution in [0.25, 0.3) is 54.6 Å². The number of rotatable bonds is 3. The first-order valence-corrected chi connectivity index (χ1v) is 12.6. The van der Waals surface area contributed by atoms with E-state index in [4.69, 9.17) is 9.97 Å². The second-order valence-electron chi connectivity index (χ2n) is 9.77. The van der Waals surface area contributed by atoms with Crippen molar-refractivity contribution in [3.8, 4) is 0 Å². The summed E-state index contributed by atoms with van der Waals surface area (Å²) < 4.78 is 32.5. The molecule has 8 rings (SSSR count). The number of imidazole rings is 2. The Balaban J connectivity index is 1.25. The molecule has 0 saturated carbocycles. The van der Waals surface area contributed by atoms with Crippen LogP contribution in [0.5, 0.6) is 0 Å². The van der Waals surface area contributed by atoms with Gasteiger partial charge in [0, 0.05) is 33.9 Å². The number of hydrogen-bond acceptors (Lipinski definition) is 2. The normalized spacial score (nSPS) is 12.2. The lowest BCUT2D eigenvalue weighted by molar-refractivity contribution is 0.629. The molecule has 0 bridgehead atoms. The minimum atomic E-state index is -0.278. The average Bonchev–Trinajstić information content (AvgIpc) is 3.57. The van der Waals surface area contributed by atoms with Gasteiger partial charge >= 0.3 is 0 Å². The highest BCUT2D eigenvalue weighted by Gasteiger charge is 2.15. The zero-order chi connectivity index (χ0) is 25.4. The van der Waals surface area contributed by atoms with E-state index in [2.05, 4.69) is 33.1 Å². The van der Waals surface area contributed by atoms with Gasteiger partial charge in [0.15, 0.2) is 0 Å². The Kier molecular flexibility index (Phi) is 4.38. The molecule has 0 fully saturated rings. The number of aromatic nitrogens is 4. The summed E-state index contributed by atoms with van der Waals surface area (Å²) in [5, 5.41) is 5.68. The molecule has 0 aliphatic rings. The van der Waals surface area contributed by atoms with Gasteiger partial charge in [-0.25, -0.2) is 18.7 Å². The average molecular weight is 499 g/mol. The molecule has 0 spiro atoms. The van der Waals surface area contributed by atoms with Crippen molar-refractivity contribution in [3.05, 3.63) is 120 Å². The molecule has 182 valence electrons. The second kappa shape index (κ2) is 7.83. The monoisotopic (exact) mass is 498 g/mol. The molecule has 0 amide bonds. The molecule has 4 nitrogen and oxygen atoms in total. The Labute approximate surface area is 215 Å². The van der Waals surface area contributed by atoms with E-state index in [1.807, 2.05) is 48.8 Å². The summed E-state index contributed by atoms with van der Waals surface area (Å²) >= 11 is 0. The second-order valence-corrected chi connectivity index (χ2v) is 9.77. The van der Waals surface area contributed by atoms with E-state index in [-0.39, 0.29) is 11.6 Å². The van der Waals surface area contributed by atoms with Gasteiger partial charge in [0.05, 0.1) is 22.4 Å². The molecule has 0 atom stereocenters. The predicted molar refractivity (Wildman–Crippen MR) is 148 cm³/mol. The molecule has 0 saturated heterocycles. The number of para-hydroxylation sites is 2. The zero-order valence-corrected chi connectivity index (χ0v) is 20.2. The van der Waals surface area contributed by atoms with Gasteiger partial charge in [-0.2, -0.15) is 0 Å². The molecule has 0 unspecified atom stereocenters. The van der Waals surface area contributed by atoms with Crippen LogP contribution in [0, 0.1) is 11.6 Å². The van der Waals surface area contributed by atoms with E-state index in [9.17, 15) is 8.78 Å². The van der Waals surface area contributed by atoms with Gasteiger partial charge in [-0.1, -0.05) is 48.5 Å². The van der Waals surface area contributed by atoms with E-state index in [1.54, 1.807) is 12.1 Å². The molecule has 6 heteroatoms. The van der Waals surface area contributed by atoms with Crippen molar-refractivity contribution in [1.82, 2.24) is 18.8 Å². The summed E-state index contributed by atoms with van der Waals surface area (Å²) in [4.78, 5) is 9.85. The number of aryl methyl sites for hydroxylation is 2. The molecular formula is C32H20F2N4. The maximum Gasteiger partial charge on any atom is 0.145 e. The molecule has 38 heavy (non-hydrogen) atoms. The van der Waals surface area contributed by atoms with Gasteiger partial charge in [-0.05, 0) is 60.0 Å². The van der Waals surface area contributed by atoms with Crippen LogP contribution < -0.4 is 0 Å². The Bertz CT molecular complexity index is 2070. The molecule has 0 radical (unpaired) electrons. The largest absolute Gasteiger partial charge is 0.299 e. The van der Waals surface area contributed by atoms with E-state index < -0.39 is 0 Å². The minimum absolute atomic E-state index is 0.278. The smallest absolute Gasteiger partial charge is 0.145 e. The van der Waals surface area contributed by atoms with Gasteiger partial charge in [0.1, 0.15) is 22.9 Å². The first-order chi connectivity index (χ1) is 18.6. The molecule has 0 aliphatic carbocycles. The van der Waals surface area contributed by atoms with E-state index >= 15 is 0 Å². The lowest BCUT2D eigenvalue weighted by Crippen LogP contribution is -1.91. The summed E-state index contributed by atoms with van der Waals surface area (Å²) in [6.07, 6.45) is 5.41. The Morgan fingerprint density at radius 3 is 1.42 bits per heavy atom. The number of halogens is 2. The first kappa shape index (κ1) is 21.3. The van der Waals surface area contributed by atoms with Crippen LogP contribution in [0.3, 0.4) is 0 Å². The van der Waals surface area contributed by atoms with Gasteiger partial charge < -0.3 is 0 Å². The molecule has 4 aromatic heterocycles. The SMILES string of the molecule is Fc1ccc2c3ccccc3n3cc(CCc4cn5c6ccccc6c6ccc(F)cc6c5n4)nc3c2c1. The minimum Gasteiger partial charge on any atom is -0.299 e. The third kappa shape index (κ3) is 3.07. The third-order valence-corrected chi connectivity index (χ3v) is 7.50. The number of nitrogens with zero attached hydrogens (tertiary/aromatic N) is 4. The zero-order valence-electron chi connectivity index (χ0n) is 20.2. The standard InChI is InChI=1S/C32H20F2N4/c33-19-9-13-23-25-5-1-3-7-29(25)37-17-21(35-31(37)27(23)15-19)11-12-22-18-38-30-8-4-2-6-26(30)24-14-10-20(34)16-28(24)32(38)36-22/h1-10,13-18H,11-12H2. The summed E-state index contributed by atoms with van der Waals surface area (Å²) in [5.41, 5.74) is 5.38. The van der Waals surface area contributed by atoms with Crippen LogP contribution in [0.4, 0.5) is 8.78 Å². The lowest BCUT2D eigenvalue weighted by atomic mass is 10.1. The Morgan fingerprint density at radius 2 is 0.947 bits per heavy atom. The number of benzene rings is 4. The molecule has 0 aliphatic heterocycles. The highest BCUT2D eigenvalue weighted by Crippen LogP contribution is 2.32. The maximum atomic E-state index is 14.2. The highest BCUT2D eigenvalue weighted by molar-refractivity contribution is 6.12. The van der Waals surface area contributed by atoms with Crippen molar-refractivity contribution in [2.75, 3.05) is 0 Å². The van der Waals surface area contributed by atoms with Crippen molar-refractivity contribution in [1.29, 1.82) is 0 Å². The Morgan fingerprint density at radius 1 is 0.500 bits per heavy atom. The fourth-order valence-electron chi connectivity index (χ4n) is 5.80. The van der Waals surface area contributed by atoms with Crippen LogP contribution >= 0.6 is 0 Å². The third-order valence-electron chi connectivity index (χ3n) is 7.50. The maximum absolute atomic E-state index is 14.2. The van der Waals surface area contributed by atoms with Crippen molar-refractivity contribution in [2.24, 2.45) is 0 Å². The van der Waals surface area contributed by atoms with E-state index in [0.29, 0.717) is 12.8 Å². The van der Waals surface area contributed by atoms with Crippen molar-refractivity contribution in [3.63, 3.8) is 0 Å². The summed E-state index contributed by atoms with van der Waals surface area (Å²) in [6.45, 7) is 0. The fraction of sp³-hybridized carbons (Fsp3) is 0.0625. The van der Waals surface area contributed by atoms with E-state index in [1.165, 1.54) is 12.1 Å². The number of fused-ring (bicyclic) bond motifs is 12. The van der Waals surface area contributed by atoms with Gasteiger partial charge in [0.2, 0.25) is 0 Å². The van der Waals surface area contributed by atoms with Crippen molar-refractivity contribution in [2.45, 2.75) is 12.8 Å².